The number of rotatable bonds is 5. The van der Waals surface area contributed by atoms with Crippen molar-refractivity contribution in [2.45, 2.75) is 19.4 Å². The quantitative estimate of drug-likeness (QED) is 0.771. The summed E-state index contributed by atoms with van der Waals surface area (Å²) in [5.41, 5.74) is 4.24. The summed E-state index contributed by atoms with van der Waals surface area (Å²) in [5.74, 6) is 0. The molecule has 0 fully saturated rings. The van der Waals surface area contributed by atoms with Crippen molar-refractivity contribution in [2.24, 2.45) is 0 Å². The molecule has 0 heterocycles. The van der Waals surface area contributed by atoms with Gasteiger partial charge in [0, 0.05) is 6.54 Å². The smallest absolute Gasteiger partial charge is 0.0227 e. The molecule has 0 aliphatic rings. The Balaban J connectivity index is 1.97. The highest BCUT2D eigenvalue weighted by molar-refractivity contribution is 5.25. The van der Waals surface area contributed by atoms with Crippen LogP contribution in [0.5, 0.6) is 0 Å². The summed E-state index contributed by atoms with van der Waals surface area (Å²) in [6, 6.07) is 19.6. The van der Waals surface area contributed by atoms with E-state index in [1.807, 2.05) is 0 Å². The summed E-state index contributed by atoms with van der Waals surface area (Å²) in [6.45, 7) is 1.01. The van der Waals surface area contributed by atoms with Crippen LogP contribution in [0.25, 0.3) is 0 Å². The van der Waals surface area contributed by atoms with Crippen molar-refractivity contribution in [2.75, 3.05) is 14.1 Å². The molecule has 0 saturated carbocycles. The van der Waals surface area contributed by atoms with Crippen molar-refractivity contribution < 1.29 is 0 Å². The van der Waals surface area contributed by atoms with E-state index in [9.17, 15) is 0 Å². The summed E-state index contributed by atoms with van der Waals surface area (Å²) in [4.78, 5) is 2.20. The summed E-state index contributed by atoms with van der Waals surface area (Å²) in [6.07, 6.45) is 2.23. The number of benzene rings is 2. The van der Waals surface area contributed by atoms with Crippen molar-refractivity contribution in [3.63, 3.8) is 0 Å². The fourth-order valence-electron chi connectivity index (χ4n) is 2.18. The van der Waals surface area contributed by atoms with E-state index >= 15 is 0 Å². The van der Waals surface area contributed by atoms with E-state index in [1.54, 1.807) is 0 Å². The molecule has 0 atom stereocenters. The molecule has 2 aromatic carbocycles. The molecule has 18 heavy (non-hydrogen) atoms. The molecule has 0 radical (unpaired) electrons. The Bertz CT molecular complexity index is 474. The first-order valence-corrected chi connectivity index (χ1v) is 6.50. The molecule has 0 aliphatic carbocycles. The third-order valence-corrected chi connectivity index (χ3v) is 3.04. The van der Waals surface area contributed by atoms with E-state index in [0.29, 0.717) is 0 Å². The molecule has 0 aliphatic heterocycles. The van der Waals surface area contributed by atoms with Crippen molar-refractivity contribution in [3.8, 4) is 0 Å². The van der Waals surface area contributed by atoms with Crippen molar-refractivity contribution in [3.05, 3.63) is 71.3 Å². The van der Waals surface area contributed by atoms with E-state index in [1.165, 1.54) is 16.7 Å². The van der Waals surface area contributed by atoms with Gasteiger partial charge in [-0.05, 0) is 43.6 Å². The Hall–Kier alpha value is -1.60. The number of aryl methyl sites for hydroxylation is 2. The fourth-order valence-corrected chi connectivity index (χ4v) is 2.18. The summed E-state index contributed by atoms with van der Waals surface area (Å²) < 4.78 is 0. The zero-order valence-electron chi connectivity index (χ0n) is 11.3. The van der Waals surface area contributed by atoms with Gasteiger partial charge in [-0.15, -0.1) is 0 Å². The minimum atomic E-state index is 1.01. The molecular formula is C17H21N. The van der Waals surface area contributed by atoms with Gasteiger partial charge in [0.25, 0.3) is 0 Å². The van der Waals surface area contributed by atoms with Crippen LogP contribution in [0.2, 0.25) is 0 Å². The van der Waals surface area contributed by atoms with Gasteiger partial charge in [0.2, 0.25) is 0 Å². The zero-order valence-corrected chi connectivity index (χ0v) is 11.3. The van der Waals surface area contributed by atoms with Crippen molar-refractivity contribution >= 4 is 0 Å². The van der Waals surface area contributed by atoms with Gasteiger partial charge < -0.3 is 4.90 Å². The lowest BCUT2D eigenvalue weighted by Gasteiger charge is -2.11. The first kappa shape index (κ1) is 12.8. The van der Waals surface area contributed by atoms with Crippen LogP contribution >= 0.6 is 0 Å². The number of hydrogen-bond acceptors (Lipinski definition) is 1. The van der Waals surface area contributed by atoms with Crippen LogP contribution in [0.1, 0.15) is 16.7 Å². The van der Waals surface area contributed by atoms with Crippen LogP contribution in [0.15, 0.2) is 54.6 Å². The molecule has 1 heteroatoms. The van der Waals surface area contributed by atoms with Crippen LogP contribution in [0.4, 0.5) is 0 Å². The van der Waals surface area contributed by atoms with Crippen LogP contribution in [0, 0.1) is 0 Å². The highest BCUT2D eigenvalue weighted by atomic mass is 15.0. The maximum Gasteiger partial charge on any atom is 0.0227 e. The predicted molar refractivity (Wildman–Crippen MR) is 77.7 cm³/mol. The monoisotopic (exact) mass is 239 g/mol. The molecule has 94 valence electrons. The Labute approximate surface area is 110 Å². The summed E-state index contributed by atoms with van der Waals surface area (Å²) in [5, 5.41) is 0. The van der Waals surface area contributed by atoms with Gasteiger partial charge in [-0.3, -0.25) is 0 Å². The van der Waals surface area contributed by atoms with Gasteiger partial charge in [0.15, 0.2) is 0 Å². The maximum absolute atomic E-state index is 2.32. The zero-order chi connectivity index (χ0) is 12.8. The van der Waals surface area contributed by atoms with Gasteiger partial charge in [-0.1, -0.05) is 54.6 Å². The van der Waals surface area contributed by atoms with E-state index in [2.05, 4.69) is 73.6 Å². The van der Waals surface area contributed by atoms with Crippen LogP contribution < -0.4 is 0 Å². The second-order valence-corrected chi connectivity index (χ2v) is 5.04. The fraction of sp³-hybridized carbons (Fsp3) is 0.294. The first-order chi connectivity index (χ1) is 8.74. The molecule has 0 spiro atoms. The standard InChI is InChI=1S/C17H21N/c1-18(2)14-17-10-6-9-16(13-17)12-11-15-7-4-3-5-8-15/h3-10,13H,11-12,14H2,1-2H3. The molecule has 2 rings (SSSR count). The van der Waals surface area contributed by atoms with Crippen molar-refractivity contribution in [1.82, 2.24) is 4.90 Å². The molecular weight excluding hydrogens is 218 g/mol. The molecule has 0 amide bonds. The van der Waals surface area contributed by atoms with Crippen LogP contribution in [0.3, 0.4) is 0 Å². The lowest BCUT2D eigenvalue weighted by molar-refractivity contribution is 0.402. The van der Waals surface area contributed by atoms with E-state index in [0.717, 1.165) is 19.4 Å². The van der Waals surface area contributed by atoms with E-state index in [4.69, 9.17) is 0 Å². The second kappa shape index (κ2) is 6.36. The molecule has 0 unspecified atom stereocenters. The normalized spacial score (nSPS) is 10.8. The Morgan fingerprint density at radius 2 is 1.33 bits per heavy atom. The first-order valence-electron chi connectivity index (χ1n) is 6.50. The Morgan fingerprint density at radius 1 is 0.722 bits per heavy atom. The third-order valence-electron chi connectivity index (χ3n) is 3.04. The van der Waals surface area contributed by atoms with E-state index in [-0.39, 0.29) is 0 Å². The van der Waals surface area contributed by atoms with Crippen LogP contribution in [-0.2, 0) is 19.4 Å². The Morgan fingerprint density at radius 3 is 2.06 bits per heavy atom. The molecule has 0 saturated heterocycles. The molecule has 0 bridgehead atoms. The summed E-state index contributed by atoms with van der Waals surface area (Å²) in [7, 11) is 4.22. The Kier molecular flexibility index (Phi) is 4.54. The topological polar surface area (TPSA) is 3.24 Å². The third kappa shape index (κ3) is 4.01. The number of hydrogen-bond donors (Lipinski definition) is 0. The molecule has 0 N–H and O–H groups in total. The van der Waals surface area contributed by atoms with Gasteiger partial charge >= 0.3 is 0 Å². The van der Waals surface area contributed by atoms with Crippen molar-refractivity contribution in [1.29, 1.82) is 0 Å². The van der Waals surface area contributed by atoms with Gasteiger partial charge in [-0.25, -0.2) is 0 Å². The minimum Gasteiger partial charge on any atom is -0.305 e. The minimum absolute atomic E-state index is 1.01. The highest BCUT2D eigenvalue weighted by Gasteiger charge is 1.99. The average Bonchev–Trinajstić information content (AvgIpc) is 2.37. The van der Waals surface area contributed by atoms with Gasteiger partial charge in [0.1, 0.15) is 0 Å². The maximum atomic E-state index is 2.32. The highest BCUT2D eigenvalue weighted by Crippen LogP contribution is 2.10. The van der Waals surface area contributed by atoms with Gasteiger partial charge in [0.05, 0.1) is 0 Å². The molecule has 0 aromatic heterocycles. The molecule has 1 nitrogen and oxygen atoms in total. The second-order valence-electron chi connectivity index (χ2n) is 5.04. The van der Waals surface area contributed by atoms with E-state index < -0.39 is 0 Å². The lowest BCUT2D eigenvalue weighted by Crippen LogP contribution is -2.10. The predicted octanol–water partition coefficient (Wildman–Crippen LogP) is 3.53. The molecule has 2 aromatic rings. The SMILES string of the molecule is CN(C)Cc1cccc(CCc2ccccc2)c1. The lowest BCUT2D eigenvalue weighted by atomic mass is 10.0. The summed E-state index contributed by atoms with van der Waals surface area (Å²) >= 11 is 0. The number of nitrogens with zero attached hydrogens (tertiary/aromatic N) is 1. The van der Waals surface area contributed by atoms with Crippen LogP contribution in [-0.4, -0.2) is 19.0 Å². The average molecular weight is 239 g/mol. The largest absolute Gasteiger partial charge is 0.305 e. The van der Waals surface area contributed by atoms with Gasteiger partial charge in [-0.2, -0.15) is 0 Å².